The van der Waals surface area contributed by atoms with Crippen LogP contribution in [0.25, 0.3) is 0 Å². The van der Waals surface area contributed by atoms with Gasteiger partial charge in [-0.15, -0.1) is 0 Å². The third-order valence-electron chi connectivity index (χ3n) is 3.19. The van der Waals surface area contributed by atoms with Gasteiger partial charge in [0.15, 0.2) is 0 Å². The van der Waals surface area contributed by atoms with E-state index >= 15 is 0 Å². The van der Waals surface area contributed by atoms with Crippen molar-refractivity contribution in [3.8, 4) is 0 Å². The Labute approximate surface area is 74.0 Å². The number of carboxylic acid groups (broad SMARTS) is 1. The van der Waals surface area contributed by atoms with Crippen LogP contribution in [0.5, 0.6) is 0 Å². The predicted molar refractivity (Wildman–Crippen MR) is 47.9 cm³/mol. The summed E-state index contributed by atoms with van der Waals surface area (Å²) < 4.78 is 0. The molecular weight excluding hydrogens is 152 g/mol. The van der Waals surface area contributed by atoms with Gasteiger partial charge in [0.2, 0.25) is 0 Å². The lowest BCUT2D eigenvalue weighted by Gasteiger charge is -1.99. The van der Waals surface area contributed by atoms with Crippen molar-refractivity contribution in [1.29, 1.82) is 0 Å². The number of carbonyl (C=O) groups is 1. The zero-order valence-corrected chi connectivity index (χ0v) is 8.13. The van der Waals surface area contributed by atoms with Crippen LogP contribution in [-0.4, -0.2) is 11.1 Å². The predicted octanol–water partition coefficient (Wildman–Crippen LogP) is 2.53. The summed E-state index contributed by atoms with van der Waals surface area (Å²) >= 11 is 0. The monoisotopic (exact) mass is 170 g/mol. The van der Waals surface area contributed by atoms with Crippen molar-refractivity contribution in [2.75, 3.05) is 0 Å². The molecule has 1 aliphatic carbocycles. The Morgan fingerprint density at radius 2 is 2.08 bits per heavy atom. The molecule has 0 amide bonds. The molecule has 0 aromatic rings. The van der Waals surface area contributed by atoms with Crippen LogP contribution >= 0.6 is 0 Å². The fourth-order valence-electron chi connectivity index (χ4n) is 2.20. The average Bonchev–Trinajstić information content (AvgIpc) is 2.49. The lowest BCUT2D eigenvalue weighted by Crippen LogP contribution is -2.03. The first-order valence-corrected chi connectivity index (χ1v) is 4.74. The second-order valence-corrected chi connectivity index (χ2v) is 4.39. The van der Waals surface area contributed by atoms with Gasteiger partial charge in [-0.2, -0.15) is 0 Å². The highest BCUT2D eigenvalue weighted by atomic mass is 16.4. The van der Waals surface area contributed by atoms with Gasteiger partial charge in [-0.1, -0.05) is 33.6 Å². The first-order chi connectivity index (χ1) is 5.51. The van der Waals surface area contributed by atoms with Crippen LogP contribution in [0.15, 0.2) is 0 Å². The molecule has 1 rings (SSSR count). The molecule has 0 radical (unpaired) electrons. The minimum atomic E-state index is -0.610. The van der Waals surface area contributed by atoms with Crippen LogP contribution in [0.3, 0.4) is 0 Å². The summed E-state index contributed by atoms with van der Waals surface area (Å²) in [6.07, 6.45) is 3.41. The van der Waals surface area contributed by atoms with Crippen molar-refractivity contribution < 1.29 is 9.90 Å². The van der Waals surface area contributed by atoms with E-state index < -0.39 is 5.97 Å². The van der Waals surface area contributed by atoms with E-state index in [4.69, 9.17) is 5.11 Å². The van der Waals surface area contributed by atoms with Gasteiger partial charge < -0.3 is 5.11 Å². The van der Waals surface area contributed by atoms with Crippen molar-refractivity contribution >= 4 is 5.97 Å². The smallest absolute Gasteiger partial charge is 0.307 e. The molecule has 1 saturated carbocycles. The molecule has 12 heavy (non-hydrogen) atoms. The number of hydrogen-bond donors (Lipinski definition) is 1. The van der Waals surface area contributed by atoms with Gasteiger partial charge in [-0.3, -0.25) is 4.79 Å². The lowest BCUT2D eigenvalue weighted by molar-refractivity contribution is -0.139. The molecule has 70 valence electrons. The largest absolute Gasteiger partial charge is 0.481 e. The molecule has 1 N–H and O–H groups in total. The van der Waals surface area contributed by atoms with Crippen LogP contribution in [0.1, 0.15) is 40.0 Å². The minimum Gasteiger partial charge on any atom is -0.481 e. The Kier molecular flexibility index (Phi) is 2.45. The summed E-state index contributed by atoms with van der Waals surface area (Å²) in [5.41, 5.74) is 0.0566. The first kappa shape index (κ1) is 9.56. The number of hydrogen-bond acceptors (Lipinski definition) is 1. The van der Waals surface area contributed by atoms with E-state index in [1.165, 1.54) is 6.42 Å². The molecular formula is C10H18O2. The molecule has 2 unspecified atom stereocenters. The molecule has 0 aromatic carbocycles. The average molecular weight is 170 g/mol. The highest BCUT2D eigenvalue weighted by molar-refractivity contribution is 5.75. The molecule has 2 heteroatoms. The maximum Gasteiger partial charge on any atom is 0.307 e. The Balaban J connectivity index is 2.43. The summed E-state index contributed by atoms with van der Waals surface area (Å²) in [5.74, 6) is -0.264. The van der Waals surface area contributed by atoms with Crippen molar-refractivity contribution in [3.05, 3.63) is 0 Å². The van der Waals surface area contributed by atoms with E-state index in [9.17, 15) is 4.79 Å². The standard InChI is InChI=1S/C10H18O2/c1-4-5-6-7-8(9(11)12)10(7,2)3/h7-8H,4-6H2,1-3H3,(H,11,12). The quantitative estimate of drug-likeness (QED) is 0.704. The van der Waals surface area contributed by atoms with Crippen LogP contribution in [0.4, 0.5) is 0 Å². The highest BCUT2D eigenvalue weighted by Gasteiger charge is 2.61. The number of unbranched alkanes of at least 4 members (excludes halogenated alkanes) is 1. The van der Waals surface area contributed by atoms with Gasteiger partial charge in [0, 0.05) is 0 Å². The van der Waals surface area contributed by atoms with E-state index in [2.05, 4.69) is 20.8 Å². The normalized spacial score (nSPS) is 31.6. The zero-order chi connectivity index (χ0) is 9.35. The van der Waals surface area contributed by atoms with Gasteiger partial charge in [0.25, 0.3) is 0 Å². The molecule has 1 fully saturated rings. The molecule has 0 saturated heterocycles. The van der Waals surface area contributed by atoms with Crippen molar-refractivity contribution in [2.45, 2.75) is 40.0 Å². The van der Waals surface area contributed by atoms with Crippen molar-refractivity contribution in [3.63, 3.8) is 0 Å². The lowest BCUT2D eigenvalue weighted by atomic mass is 10.1. The van der Waals surface area contributed by atoms with Crippen LogP contribution < -0.4 is 0 Å². The topological polar surface area (TPSA) is 37.3 Å². The Morgan fingerprint density at radius 1 is 1.50 bits per heavy atom. The molecule has 0 aromatic heterocycles. The molecule has 2 nitrogen and oxygen atoms in total. The van der Waals surface area contributed by atoms with Crippen LogP contribution in [0.2, 0.25) is 0 Å². The van der Waals surface area contributed by atoms with Gasteiger partial charge in [0.05, 0.1) is 5.92 Å². The summed E-state index contributed by atoms with van der Waals surface area (Å²) in [4.78, 5) is 10.8. The number of carboxylic acids is 1. The van der Waals surface area contributed by atoms with Crippen LogP contribution in [-0.2, 0) is 4.79 Å². The highest BCUT2D eigenvalue weighted by Crippen LogP contribution is 2.60. The summed E-state index contributed by atoms with van der Waals surface area (Å²) in [7, 11) is 0. The Hall–Kier alpha value is -0.530. The fraction of sp³-hybridized carbons (Fsp3) is 0.900. The molecule has 0 heterocycles. The zero-order valence-electron chi connectivity index (χ0n) is 8.13. The van der Waals surface area contributed by atoms with Gasteiger partial charge in [-0.05, 0) is 17.8 Å². The van der Waals surface area contributed by atoms with Crippen molar-refractivity contribution in [1.82, 2.24) is 0 Å². The van der Waals surface area contributed by atoms with E-state index in [1.807, 2.05) is 0 Å². The molecule has 0 aliphatic heterocycles. The fourth-order valence-corrected chi connectivity index (χ4v) is 2.20. The maximum absolute atomic E-state index is 10.8. The molecule has 2 atom stereocenters. The summed E-state index contributed by atoms with van der Waals surface area (Å²) in [6.45, 7) is 6.27. The third-order valence-corrected chi connectivity index (χ3v) is 3.19. The van der Waals surface area contributed by atoms with E-state index in [1.54, 1.807) is 0 Å². The molecule has 0 bridgehead atoms. The molecule has 1 aliphatic rings. The summed E-state index contributed by atoms with van der Waals surface area (Å²) in [5, 5.41) is 8.86. The second kappa shape index (κ2) is 3.08. The summed E-state index contributed by atoms with van der Waals surface area (Å²) in [6, 6.07) is 0. The first-order valence-electron chi connectivity index (χ1n) is 4.74. The van der Waals surface area contributed by atoms with E-state index in [-0.39, 0.29) is 11.3 Å². The maximum atomic E-state index is 10.8. The minimum absolute atomic E-state index is 0.0566. The van der Waals surface area contributed by atoms with E-state index in [0.29, 0.717) is 5.92 Å². The third kappa shape index (κ3) is 1.47. The van der Waals surface area contributed by atoms with E-state index in [0.717, 1.165) is 12.8 Å². The van der Waals surface area contributed by atoms with Gasteiger partial charge in [0.1, 0.15) is 0 Å². The molecule has 0 spiro atoms. The Bertz CT molecular complexity index is 184. The van der Waals surface area contributed by atoms with Crippen LogP contribution in [0, 0.1) is 17.3 Å². The van der Waals surface area contributed by atoms with Gasteiger partial charge >= 0.3 is 5.97 Å². The Morgan fingerprint density at radius 3 is 2.42 bits per heavy atom. The number of aliphatic carboxylic acids is 1. The second-order valence-electron chi connectivity index (χ2n) is 4.39. The van der Waals surface area contributed by atoms with Crippen molar-refractivity contribution in [2.24, 2.45) is 17.3 Å². The number of rotatable bonds is 4. The van der Waals surface area contributed by atoms with Gasteiger partial charge in [-0.25, -0.2) is 0 Å². The SMILES string of the molecule is CCCCC1C(C(=O)O)C1(C)C.